The molecular weight excluding hydrogens is 416 g/mol. The van der Waals surface area contributed by atoms with Crippen molar-refractivity contribution in [3.8, 4) is 0 Å². The average molecular weight is 445 g/mol. The van der Waals surface area contributed by atoms with E-state index in [1.165, 1.54) is 51.6 Å². The number of aromatic nitrogens is 1. The molecule has 0 atom stereocenters. The van der Waals surface area contributed by atoms with Crippen LogP contribution < -0.4 is 11.2 Å². The summed E-state index contributed by atoms with van der Waals surface area (Å²) in [5.74, 6) is 6.81. The van der Waals surface area contributed by atoms with E-state index in [0.29, 0.717) is 6.54 Å². The lowest BCUT2D eigenvalue weighted by Crippen LogP contribution is -2.35. The molecule has 1 spiro atoms. The molecule has 5 nitrogen and oxygen atoms in total. The van der Waals surface area contributed by atoms with Gasteiger partial charge >= 0.3 is 0 Å². The zero-order valence-electron chi connectivity index (χ0n) is 18.4. The molecular formula is C26H28N4OS. The van der Waals surface area contributed by atoms with Gasteiger partial charge in [0.05, 0.1) is 6.54 Å². The van der Waals surface area contributed by atoms with Crippen LogP contribution in [-0.4, -0.2) is 15.9 Å². The number of aryl methyl sites for hydroxylation is 1. The van der Waals surface area contributed by atoms with Gasteiger partial charge in [0.15, 0.2) is 0 Å². The second-order valence-electron chi connectivity index (χ2n) is 8.86. The molecule has 1 saturated carbocycles. The highest BCUT2D eigenvalue weighted by atomic mass is 32.1. The summed E-state index contributed by atoms with van der Waals surface area (Å²) in [5.41, 5.74) is 4.34. The first kappa shape index (κ1) is 20.9. The zero-order chi connectivity index (χ0) is 22.3. The number of allylic oxidation sites excluding steroid dienone is 1. The minimum absolute atomic E-state index is 0.0208. The van der Waals surface area contributed by atoms with E-state index in [1.54, 1.807) is 17.5 Å². The standard InChI is InChI=1S/C26H28N4OS/c1-17-20-8-4-5-9-22(20)32-23(17)16-30(27)24(31)11-10-19-14-21-25(28-15-19)29-18(2)26(21)12-6-3-7-13-26/h4-5,8-11,14-15H,2-3,6-7,12-13,16,27H2,1H3,(H,28,29)/b11-10+. The second kappa shape index (κ2) is 8.19. The van der Waals surface area contributed by atoms with Crippen LogP contribution in [-0.2, 0) is 16.8 Å². The van der Waals surface area contributed by atoms with E-state index in [9.17, 15) is 4.79 Å². The summed E-state index contributed by atoms with van der Waals surface area (Å²) in [5, 5.41) is 5.89. The number of pyridine rings is 1. The van der Waals surface area contributed by atoms with E-state index in [1.807, 2.05) is 18.2 Å². The number of hydrogen-bond acceptors (Lipinski definition) is 5. The van der Waals surface area contributed by atoms with Crippen LogP contribution in [0.5, 0.6) is 0 Å². The van der Waals surface area contributed by atoms with Crippen LogP contribution in [0.1, 0.15) is 53.7 Å². The van der Waals surface area contributed by atoms with E-state index in [-0.39, 0.29) is 11.3 Å². The number of rotatable bonds is 4. The SMILES string of the molecule is C=C1Nc2ncc(/C=C/C(=O)N(N)Cc3sc4ccccc4c3C)cc2C12CCCCC2. The summed E-state index contributed by atoms with van der Waals surface area (Å²) in [6.45, 7) is 6.77. The fourth-order valence-electron chi connectivity index (χ4n) is 5.06. The van der Waals surface area contributed by atoms with Gasteiger partial charge in [-0.2, -0.15) is 0 Å². The molecule has 3 N–H and O–H groups in total. The number of nitrogens with one attached hydrogen (secondary N) is 1. The third-order valence-electron chi connectivity index (χ3n) is 6.94. The topological polar surface area (TPSA) is 71.2 Å². The van der Waals surface area contributed by atoms with Gasteiger partial charge in [0.2, 0.25) is 0 Å². The van der Waals surface area contributed by atoms with E-state index < -0.39 is 0 Å². The number of hydrogen-bond donors (Lipinski definition) is 2. The summed E-state index contributed by atoms with van der Waals surface area (Å²) in [6.07, 6.45) is 11.0. The number of nitrogens with two attached hydrogens (primary N) is 1. The first-order chi connectivity index (χ1) is 15.5. The van der Waals surface area contributed by atoms with Crippen molar-refractivity contribution < 1.29 is 4.79 Å². The summed E-state index contributed by atoms with van der Waals surface area (Å²) in [6, 6.07) is 10.4. The molecule has 1 fully saturated rings. The molecule has 0 saturated heterocycles. The number of carbonyl (C=O) groups is 1. The van der Waals surface area contributed by atoms with E-state index in [2.05, 4.69) is 42.0 Å². The van der Waals surface area contributed by atoms with Gasteiger partial charge in [-0.25, -0.2) is 10.8 Å². The zero-order valence-corrected chi connectivity index (χ0v) is 19.2. The van der Waals surface area contributed by atoms with Crippen molar-refractivity contribution in [1.29, 1.82) is 0 Å². The minimum Gasteiger partial charge on any atom is -0.343 e. The maximum atomic E-state index is 12.7. The Labute approximate surface area is 192 Å². The molecule has 6 heteroatoms. The molecule has 5 rings (SSSR count). The highest BCUT2D eigenvalue weighted by Crippen LogP contribution is 2.51. The maximum Gasteiger partial charge on any atom is 0.260 e. The lowest BCUT2D eigenvalue weighted by Gasteiger charge is -2.34. The minimum atomic E-state index is -0.225. The number of hydrazine groups is 1. The molecule has 164 valence electrons. The Balaban J connectivity index is 1.32. The first-order valence-corrected chi connectivity index (χ1v) is 12.0. The van der Waals surface area contributed by atoms with Crippen molar-refractivity contribution in [2.75, 3.05) is 5.32 Å². The molecule has 1 amide bonds. The van der Waals surface area contributed by atoms with Gasteiger partial charge in [-0.05, 0) is 54.5 Å². The Morgan fingerprint density at radius 3 is 2.88 bits per heavy atom. The molecule has 3 heterocycles. The van der Waals surface area contributed by atoms with Gasteiger partial charge in [-0.3, -0.25) is 9.80 Å². The predicted molar refractivity (Wildman–Crippen MR) is 132 cm³/mol. The normalized spacial score (nSPS) is 17.1. The average Bonchev–Trinajstić information content (AvgIpc) is 3.26. The van der Waals surface area contributed by atoms with E-state index in [4.69, 9.17) is 5.84 Å². The van der Waals surface area contributed by atoms with Gasteiger partial charge in [0.1, 0.15) is 5.82 Å². The molecule has 32 heavy (non-hydrogen) atoms. The van der Waals surface area contributed by atoms with Crippen LogP contribution in [0.2, 0.25) is 0 Å². The van der Waals surface area contributed by atoms with Crippen molar-refractivity contribution in [2.45, 2.75) is 51.0 Å². The molecule has 2 aliphatic rings. The summed E-state index contributed by atoms with van der Waals surface area (Å²) in [7, 11) is 0. The maximum absolute atomic E-state index is 12.7. The molecule has 0 unspecified atom stereocenters. The van der Waals surface area contributed by atoms with Gasteiger partial charge in [0, 0.05) is 38.5 Å². The van der Waals surface area contributed by atoms with E-state index >= 15 is 0 Å². The fourth-order valence-corrected chi connectivity index (χ4v) is 6.27. The summed E-state index contributed by atoms with van der Waals surface area (Å²) >= 11 is 1.69. The molecule has 1 aliphatic heterocycles. The Morgan fingerprint density at radius 1 is 1.31 bits per heavy atom. The number of fused-ring (bicyclic) bond motifs is 3. The fraction of sp³-hybridized carbons (Fsp3) is 0.308. The number of benzene rings is 1. The van der Waals surface area contributed by atoms with Crippen LogP contribution in [0.15, 0.2) is 54.9 Å². The largest absolute Gasteiger partial charge is 0.343 e. The number of anilines is 1. The number of thiophene rings is 1. The van der Waals surface area contributed by atoms with Gasteiger partial charge in [0.25, 0.3) is 5.91 Å². The highest BCUT2D eigenvalue weighted by Gasteiger charge is 2.43. The number of amides is 1. The Hall–Kier alpha value is -2.96. The number of nitrogens with zero attached hydrogens (tertiary/aromatic N) is 2. The van der Waals surface area contributed by atoms with E-state index in [0.717, 1.165) is 34.8 Å². The molecule has 3 aromatic rings. The second-order valence-corrected chi connectivity index (χ2v) is 9.99. The molecule has 0 radical (unpaired) electrons. The van der Waals surface area contributed by atoms with Crippen LogP contribution in [0.3, 0.4) is 0 Å². The quantitative estimate of drug-likeness (QED) is 0.236. The first-order valence-electron chi connectivity index (χ1n) is 11.2. The lowest BCUT2D eigenvalue weighted by atomic mass is 9.69. The van der Waals surface area contributed by atoms with Crippen molar-refractivity contribution >= 4 is 39.2 Å². The summed E-state index contributed by atoms with van der Waals surface area (Å²) in [4.78, 5) is 18.4. The lowest BCUT2D eigenvalue weighted by molar-refractivity contribution is -0.126. The van der Waals surface area contributed by atoms with Crippen LogP contribution in [0.4, 0.5) is 5.82 Å². The Kier molecular flexibility index (Phi) is 5.35. The molecule has 1 aliphatic carbocycles. The van der Waals surface area contributed by atoms with Crippen molar-refractivity contribution in [3.63, 3.8) is 0 Å². The van der Waals surface area contributed by atoms with Crippen LogP contribution in [0.25, 0.3) is 16.2 Å². The molecule has 2 aromatic heterocycles. The molecule has 1 aromatic carbocycles. The molecule has 0 bridgehead atoms. The third kappa shape index (κ3) is 3.53. The van der Waals surface area contributed by atoms with Gasteiger partial charge in [-0.1, -0.05) is 44.0 Å². The summed E-state index contributed by atoms with van der Waals surface area (Å²) < 4.78 is 1.22. The van der Waals surface area contributed by atoms with Crippen LogP contribution >= 0.6 is 11.3 Å². The smallest absolute Gasteiger partial charge is 0.260 e. The van der Waals surface area contributed by atoms with Gasteiger partial charge in [-0.15, -0.1) is 11.3 Å². The highest BCUT2D eigenvalue weighted by molar-refractivity contribution is 7.19. The third-order valence-corrected chi connectivity index (χ3v) is 8.19. The van der Waals surface area contributed by atoms with Crippen molar-refractivity contribution in [3.05, 3.63) is 76.4 Å². The number of carbonyl (C=O) groups excluding carboxylic acids is 1. The predicted octanol–water partition coefficient (Wildman–Crippen LogP) is 5.66. The monoisotopic (exact) mass is 444 g/mol. The van der Waals surface area contributed by atoms with Gasteiger partial charge < -0.3 is 5.32 Å². The van der Waals surface area contributed by atoms with Crippen molar-refractivity contribution in [2.24, 2.45) is 5.84 Å². The van der Waals surface area contributed by atoms with Crippen LogP contribution in [0, 0.1) is 6.92 Å². The Morgan fingerprint density at radius 2 is 2.09 bits per heavy atom. The van der Waals surface area contributed by atoms with Crippen molar-refractivity contribution in [1.82, 2.24) is 9.99 Å². The Bertz CT molecular complexity index is 1240.